The molecule has 3 heterocycles. The van der Waals surface area contributed by atoms with E-state index in [1.54, 1.807) is 7.11 Å². The average molecular weight is 403 g/mol. The molecule has 30 heavy (non-hydrogen) atoms. The van der Waals surface area contributed by atoms with Crippen molar-refractivity contribution >= 4 is 11.6 Å². The molecular formula is C22H25N7O. The highest BCUT2D eigenvalue weighted by atomic mass is 16.5. The summed E-state index contributed by atoms with van der Waals surface area (Å²) in [6.07, 6.45) is 5.16. The summed E-state index contributed by atoms with van der Waals surface area (Å²) < 4.78 is 5.70. The molecule has 3 N–H and O–H groups in total. The first-order chi connectivity index (χ1) is 14.6. The van der Waals surface area contributed by atoms with Crippen molar-refractivity contribution in [3.8, 4) is 23.1 Å². The van der Waals surface area contributed by atoms with Crippen molar-refractivity contribution < 1.29 is 4.74 Å². The Labute approximate surface area is 175 Å². The Balaban J connectivity index is 1.54. The zero-order chi connectivity index (χ0) is 21.1. The van der Waals surface area contributed by atoms with Gasteiger partial charge in [-0.2, -0.15) is 10.4 Å². The van der Waals surface area contributed by atoms with E-state index in [2.05, 4.69) is 62.8 Å². The fraction of sp³-hybridized carbons (Fsp3) is 0.364. The van der Waals surface area contributed by atoms with Gasteiger partial charge in [0.2, 0.25) is 0 Å². The molecule has 2 atom stereocenters. The van der Waals surface area contributed by atoms with Gasteiger partial charge in [0, 0.05) is 23.7 Å². The molecule has 0 spiro atoms. The van der Waals surface area contributed by atoms with E-state index >= 15 is 0 Å². The Hall–Kier alpha value is -3.44. The van der Waals surface area contributed by atoms with E-state index in [1.807, 2.05) is 12.1 Å². The van der Waals surface area contributed by atoms with E-state index in [9.17, 15) is 0 Å². The number of nitriles is 1. The van der Waals surface area contributed by atoms with Gasteiger partial charge in [-0.3, -0.25) is 5.10 Å². The summed E-state index contributed by atoms with van der Waals surface area (Å²) in [4.78, 5) is 8.16. The van der Waals surface area contributed by atoms with Crippen LogP contribution in [0.4, 0.5) is 11.6 Å². The van der Waals surface area contributed by atoms with Crippen molar-refractivity contribution in [3.63, 3.8) is 0 Å². The van der Waals surface area contributed by atoms with Crippen LogP contribution in [0.1, 0.15) is 43.9 Å². The number of hydrogen-bond acceptors (Lipinski definition) is 7. The number of ether oxygens (including phenoxy) is 1. The number of piperidine rings is 1. The molecule has 4 rings (SSSR count). The monoisotopic (exact) mass is 403 g/mol. The zero-order valence-corrected chi connectivity index (χ0v) is 17.3. The molecule has 1 aliphatic rings. The number of nitrogens with one attached hydrogen (secondary N) is 3. The molecule has 0 saturated carbocycles. The molecule has 0 aliphatic carbocycles. The van der Waals surface area contributed by atoms with Crippen LogP contribution >= 0.6 is 0 Å². The Kier molecular flexibility index (Phi) is 5.63. The molecule has 1 aliphatic heterocycles. The van der Waals surface area contributed by atoms with Gasteiger partial charge in [-0.1, -0.05) is 6.07 Å². The third-order valence-electron chi connectivity index (χ3n) is 5.43. The van der Waals surface area contributed by atoms with Crippen molar-refractivity contribution in [3.05, 3.63) is 47.9 Å². The van der Waals surface area contributed by atoms with Crippen LogP contribution in [0.5, 0.6) is 5.75 Å². The highest BCUT2D eigenvalue weighted by Crippen LogP contribution is 2.37. The number of methoxy groups -OCH3 is 1. The lowest BCUT2D eigenvalue weighted by molar-refractivity contribution is 0.316. The molecule has 154 valence electrons. The third-order valence-corrected chi connectivity index (χ3v) is 5.43. The minimum absolute atomic E-state index is 0.269. The number of benzene rings is 1. The molecule has 0 unspecified atom stereocenters. The maximum atomic E-state index is 8.82. The maximum Gasteiger partial charge on any atom is 0.158 e. The Morgan fingerprint density at radius 1 is 1.10 bits per heavy atom. The average Bonchev–Trinajstić information content (AvgIpc) is 3.21. The number of H-pyrrole nitrogens is 1. The summed E-state index contributed by atoms with van der Waals surface area (Å²) in [7, 11) is 1.69. The van der Waals surface area contributed by atoms with Gasteiger partial charge in [0.1, 0.15) is 17.6 Å². The summed E-state index contributed by atoms with van der Waals surface area (Å²) >= 11 is 0. The minimum atomic E-state index is 0.269. The largest absolute Gasteiger partial charge is 0.496 e. The van der Waals surface area contributed by atoms with Gasteiger partial charge in [-0.05, 0) is 50.3 Å². The molecule has 0 bridgehead atoms. The summed E-state index contributed by atoms with van der Waals surface area (Å²) in [5.74, 6) is 2.47. The van der Waals surface area contributed by atoms with Gasteiger partial charge in [-0.25, -0.2) is 9.97 Å². The number of rotatable bonds is 5. The number of hydrogen-bond donors (Lipinski definition) is 3. The van der Waals surface area contributed by atoms with E-state index < -0.39 is 0 Å². The molecule has 2 aromatic heterocycles. The van der Waals surface area contributed by atoms with Crippen LogP contribution in [-0.4, -0.2) is 39.4 Å². The van der Waals surface area contributed by atoms with E-state index in [0.717, 1.165) is 29.8 Å². The van der Waals surface area contributed by atoms with Gasteiger partial charge in [0.25, 0.3) is 0 Å². The summed E-state index contributed by atoms with van der Waals surface area (Å²) in [5, 5.41) is 22.9. The predicted octanol–water partition coefficient (Wildman–Crippen LogP) is 3.73. The van der Waals surface area contributed by atoms with Crippen molar-refractivity contribution in [1.82, 2.24) is 25.5 Å². The van der Waals surface area contributed by atoms with Gasteiger partial charge in [-0.15, -0.1) is 0 Å². The highest BCUT2D eigenvalue weighted by Gasteiger charge is 2.25. The first-order valence-corrected chi connectivity index (χ1v) is 10.0. The van der Waals surface area contributed by atoms with E-state index in [1.165, 1.54) is 18.0 Å². The molecule has 0 amide bonds. The molecule has 8 heteroatoms. The van der Waals surface area contributed by atoms with Gasteiger partial charge in [0.05, 0.1) is 25.2 Å². The summed E-state index contributed by atoms with van der Waals surface area (Å²) in [6.45, 7) is 4.48. The van der Waals surface area contributed by atoms with Gasteiger partial charge >= 0.3 is 0 Å². The number of aromatic nitrogens is 4. The Morgan fingerprint density at radius 3 is 2.57 bits per heavy atom. The molecular weight excluding hydrogens is 378 g/mol. The van der Waals surface area contributed by atoms with E-state index in [4.69, 9.17) is 10.00 Å². The first-order valence-electron chi connectivity index (χ1n) is 10.0. The molecule has 1 aromatic carbocycles. The standard InChI is InChI=1S/C22H25N7O/c1-13-6-16(7-14(2)26-13)15-4-5-18(20(8-15)30-3)19-9-21(29-28-19)27-22-12-24-17(10-23)11-25-22/h4-5,8-9,11-14,16,26H,6-7H2,1-3H3,(H2,25,27,28,29)/t13-,14-/m0/s1. The SMILES string of the molecule is COc1cc(C2C[C@H](C)N[C@@H](C)C2)ccc1-c1cc(Nc2cnc(C#N)cn2)n[nH]1. The molecule has 3 aromatic rings. The van der Waals surface area contributed by atoms with Crippen molar-refractivity contribution in [2.75, 3.05) is 12.4 Å². The third kappa shape index (κ3) is 4.26. The molecule has 0 radical (unpaired) electrons. The number of anilines is 2. The lowest BCUT2D eigenvalue weighted by atomic mass is 9.83. The normalized spacial score (nSPS) is 21.1. The smallest absolute Gasteiger partial charge is 0.158 e. The van der Waals surface area contributed by atoms with Crippen LogP contribution in [0.2, 0.25) is 0 Å². The first kappa shape index (κ1) is 19.9. The predicted molar refractivity (Wildman–Crippen MR) is 115 cm³/mol. The van der Waals surface area contributed by atoms with Gasteiger partial charge < -0.3 is 15.4 Å². The highest BCUT2D eigenvalue weighted by molar-refractivity contribution is 5.71. The fourth-order valence-electron chi connectivity index (χ4n) is 4.13. The van der Waals surface area contributed by atoms with Gasteiger partial charge in [0.15, 0.2) is 11.5 Å². The van der Waals surface area contributed by atoms with Crippen molar-refractivity contribution in [2.45, 2.75) is 44.7 Å². The second-order valence-electron chi connectivity index (χ2n) is 7.79. The second kappa shape index (κ2) is 8.51. The van der Waals surface area contributed by atoms with Crippen LogP contribution < -0.4 is 15.4 Å². The van der Waals surface area contributed by atoms with Crippen molar-refractivity contribution in [2.24, 2.45) is 0 Å². The fourth-order valence-corrected chi connectivity index (χ4v) is 4.13. The minimum Gasteiger partial charge on any atom is -0.496 e. The zero-order valence-electron chi connectivity index (χ0n) is 17.3. The van der Waals surface area contributed by atoms with Crippen LogP contribution in [0.25, 0.3) is 11.3 Å². The van der Waals surface area contributed by atoms with Crippen LogP contribution in [0.3, 0.4) is 0 Å². The lowest BCUT2D eigenvalue weighted by Gasteiger charge is -2.33. The quantitative estimate of drug-likeness (QED) is 0.595. The molecule has 8 nitrogen and oxygen atoms in total. The Bertz CT molecular complexity index is 1040. The number of nitrogens with zero attached hydrogens (tertiary/aromatic N) is 4. The van der Waals surface area contributed by atoms with Crippen LogP contribution in [0, 0.1) is 11.3 Å². The van der Waals surface area contributed by atoms with Crippen molar-refractivity contribution in [1.29, 1.82) is 5.26 Å². The number of aromatic amines is 1. The van der Waals surface area contributed by atoms with Crippen LogP contribution in [0.15, 0.2) is 36.7 Å². The second-order valence-corrected chi connectivity index (χ2v) is 7.79. The summed E-state index contributed by atoms with van der Waals surface area (Å²) in [5.41, 5.74) is 3.37. The van der Waals surface area contributed by atoms with Crippen LogP contribution in [-0.2, 0) is 0 Å². The Morgan fingerprint density at radius 2 is 1.90 bits per heavy atom. The topological polar surface area (TPSA) is 112 Å². The van der Waals surface area contributed by atoms with E-state index in [-0.39, 0.29) is 5.69 Å². The molecule has 1 fully saturated rings. The maximum absolute atomic E-state index is 8.82. The molecule has 1 saturated heterocycles. The van der Waals surface area contributed by atoms with E-state index in [0.29, 0.717) is 29.6 Å². The lowest BCUT2D eigenvalue weighted by Crippen LogP contribution is -2.41. The summed E-state index contributed by atoms with van der Waals surface area (Å²) in [6, 6.07) is 11.3.